The topological polar surface area (TPSA) is 49.4 Å². The van der Waals surface area contributed by atoms with Crippen LogP contribution in [-0.4, -0.2) is 34.0 Å². The monoisotopic (exact) mass is 340 g/mol. The fraction of sp³-hybridized carbons (Fsp3) is 0.500. The highest BCUT2D eigenvalue weighted by Crippen LogP contribution is 2.38. The molecule has 0 bridgehead atoms. The standard InChI is InChI=1S/C16H21ClN2O2S/c1-9(2)19(10(3)4)15(20)8-14-16(21)18-12-7-11(17)5-6-13(12)22-14/h5-7,9-10,14H,8H2,1-4H3,(H,18,21)/t14-/m1/s1. The van der Waals surface area contributed by atoms with Crippen molar-refractivity contribution in [2.75, 3.05) is 5.32 Å². The first-order valence-electron chi connectivity index (χ1n) is 7.37. The molecule has 1 aromatic rings. The molecule has 0 unspecified atom stereocenters. The van der Waals surface area contributed by atoms with E-state index >= 15 is 0 Å². The number of thioether (sulfide) groups is 1. The molecule has 1 aromatic carbocycles. The molecule has 0 aromatic heterocycles. The van der Waals surface area contributed by atoms with Crippen LogP contribution in [0.2, 0.25) is 5.02 Å². The smallest absolute Gasteiger partial charge is 0.238 e. The van der Waals surface area contributed by atoms with Gasteiger partial charge in [0.2, 0.25) is 11.8 Å². The quantitative estimate of drug-likeness (QED) is 0.907. The Labute approximate surface area is 140 Å². The van der Waals surface area contributed by atoms with Crippen LogP contribution in [0, 0.1) is 0 Å². The van der Waals surface area contributed by atoms with Crippen LogP contribution in [0.5, 0.6) is 0 Å². The molecule has 0 fully saturated rings. The van der Waals surface area contributed by atoms with Crippen molar-refractivity contribution >= 4 is 40.9 Å². The number of nitrogens with zero attached hydrogens (tertiary/aromatic N) is 1. The Kier molecular flexibility index (Phi) is 5.40. The fourth-order valence-electron chi connectivity index (χ4n) is 2.69. The van der Waals surface area contributed by atoms with Gasteiger partial charge in [-0.25, -0.2) is 0 Å². The highest BCUT2D eigenvalue weighted by Gasteiger charge is 2.31. The van der Waals surface area contributed by atoms with Gasteiger partial charge in [-0.05, 0) is 45.9 Å². The summed E-state index contributed by atoms with van der Waals surface area (Å²) < 4.78 is 0. The van der Waals surface area contributed by atoms with Crippen molar-refractivity contribution in [2.45, 2.75) is 56.3 Å². The van der Waals surface area contributed by atoms with E-state index in [9.17, 15) is 9.59 Å². The lowest BCUT2D eigenvalue weighted by molar-refractivity contribution is -0.136. The summed E-state index contributed by atoms with van der Waals surface area (Å²) in [6, 6.07) is 5.64. The van der Waals surface area contributed by atoms with E-state index in [2.05, 4.69) is 5.32 Å². The largest absolute Gasteiger partial charge is 0.338 e. The van der Waals surface area contributed by atoms with Crippen LogP contribution < -0.4 is 5.32 Å². The predicted octanol–water partition coefficient (Wildman–Crippen LogP) is 3.79. The summed E-state index contributed by atoms with van der Waals surface area (Å²) >= 11 is 7.36. The molecule has 1 N–H and O–H groups in total. The number of nitrogens with one attached hydrogen (secondary N) is 1. The molecule has 6 heteroatoms. The van der Waals surface area contributed by atoms with E-state index in [1.165, 1.54) is 11.8 Å². The molecule has 22 heavy (non-hydrogen) atoms. The lowest BCUT2D eigenvalue weighted by atomic mass is 10.1. The normalized spacial score (nSPS) is 17.4. The van der Waals surface area contributed by atoms with E-state index in [0.29, 0.717) is 5.02 Å². The Morgan fingerprint density at radius 1 is 1.32 bits per heavy atom. The summed E-state index contributed by atoms with van der Waals surface area (Å²) in [5, 5.41) is 3.02. The van der Waals surface area contributed by atoms with E-state index in [-0.39, 0.29) is 30.3 Å². The number of fused-ring (bicyclic) bond motifs is 1. The first-order valence-corrected chi connectivity index (χ1v) is 8.63. The van der Waals surface area contributed by atoms with Gasteiger partial charge in [0.15, 0.2) is 0 Å². The van der Waals surface area contributed by atoms with Gasteiger partial charge in [-0.2, -0.15) is 0 Å². The van der Waals surface area contributed by atoms with Crippen molar-refractivity contribution in [2.24, 2.45) is 0 Å². The minimum absolute atomic E-state index is 0.00932. The highest BCUT2D eigenvalue weighted by atomic mass is 35.5. The Balaban J connectivity index is 2.12. The molecule has 2 amide bonds. The van der Waals surface area contributed by atoms with Gasteiger partial charge in [0.25, 0.3) is 0 Å². The summed E-state index contributed by atoms with van der Waals surface area (Å²) in [5.74, 6) is -0.129. The summed E-state index contributed by atoms with van der Waals surface area (Å²) in [7, 11) is 0. The zero-order valence-electron chi connectivity index (χ0n) is 13.2. The number of anilines is 1. The van der Waals surface area contributed by atoms with Gasteiger partial charge in [0.05, 0.1) is 10.9 Å². The second kappa shape index (κ2) is 6.92. The number of rotatable bonds is 4. The minimum Gasteiger partial charge on any atom is -0.338 e. The van der Waals surface area contributed by atoms with E-state index in [0.717, 1.165) is 10.6 Å². The number of benzene rings is 1. The Bertz CT molecular complexity index is 582. The van der Waals surface area contributed by atoms with Crippen molar-refractivity contribution in [1.82, 2.24) is 4.90 Å². The van der Waals surface area contributed by atoms with Gasteiger partial charge < -0.3 is 10.2 Å². The van der Waals surface area contributed by atoms with Crippen molar-refractivity contribution in [3.05, 3.63) is 23.2 Å². The van der Waals surface area contributed by atoms with Crippen molar-refractivity contribution in [3.63, 3.8) is 0 Å². The molecule has 0 saturated carbocycles. The maximum absolute atomic E-state index is 12.5. The Morgan fingerprint density at radius 3 is 2.55 bits per heavy atom. The van der Waals surface area contributed by atoms with E-state index in [4.69, 9.17) is 11.6 Å². The molecule has 1 atom stereocenters. The molecule has 1 heterocycles. The average Bonchev–Trinajstić information content (AvgIpc) is 2.38. The third-order valence-corrected chi connectivity index (χ3v) is 5.03. The Morgan fingerprint density at radius 2 is 1.95 bits per heavy atom. The van der Waals surface area contributed by atoms with Crippen LogP contribution in [0.4, 0.5) is 5.69 Å². The third-order valence-electron chi connectivity index (χ3n) is 3.52. The van der Waals surface area contributed by atoms with E-state index < -0.39 is 5.25 Å². The molecule has 0 saturated heterocycles. The van der Waals surface area contributed by atoms with Crippen molar-refractivity contribution in [3.8, 4) is 0 Å². The fourth-order valence-corrected chi connectivity index (χ4v) is 3.95. The van der Waals surface area contributed by atoms with Gasteiger partial charge in [0, 0.05) is 28.4 Å². The first kappa shape index (κ1) is 17.2. The molecule has 2 rings (SSSR count). The Hall–Kier alpha value is -1.20. The molecule has 4 nitrogen and oxygen atoms in total. The summed E-state index contributed by atoms with van der Waals surface area (Å²) in [6.45, 7) is 7.96. The second-order valence-corrected chi connectivity index (χ2v) is 7.61. The predicted molar refractivity (Wildman–Crippen MR) is 91.5 cm³/mol. The zero-order chi connectivity index (χ0) is 16.4. The summed E-state index contributed by atoms with van der Waals surface area (Å²) in [5.41, 5.74) is 0.718. The highest BCUT2D eigenvalue weighted by molar-refractivity contribution is 8.01. The van der Waals surface area contributed by atoms with E-state index in [1.807, 2.05) is 38.7 Å². The van der Waals surface area contributed by atoms with Gasteiger partial charge in [0.1, 0.15) is 0 Å². The van der Waals surface area contributed by atoms with Gasteiger partial charge in [-0.3, -0.25) is 9.59 Å². The minimum atomic E-state index is -0.402. The summed E-state index contributed by atoms with van der Waals surface area (Å²) in [4.78, 5) is 27.5. The van der Waals surface area contributed by atoms with Gasteiger partial charge in [-0.1, -0.05) is 11.6 Å². The molecule has 120 valence electrons. The number of halogens is 1. The van der Waals surface area contributed by atoms with Crippen LogP contribution >= 0.6 is 23.4 Å². The summed E-state index contributed by atoms with van der Waals surface area (Å²) in [6.07, 6.45) is 0.203. The van der Waals surface area contributed by atoms with Crippen LogP contribution in [0.25, 0.3) is 0 Å². The van der Waals surface area contributed by atoms with Crippen molar-refractivity contribution < 1.29 is 9.59 Å². The van der Waals surface area contributed by atoms with E-state index in [1.54, 1.807) is 12.1 Å². The van der Waals surface area contributed by atoms with Crippen molar-refractivity contribution in [1.29, 1.82) is 0 Å². The SMILES string of the molecule is CC(C)N(C(=O)C[C@H]1Sc2ccc(Cl)cc2NC1=O)C(C)C. The average molecular weight is 341 g/mol. The number of hydrogen-bond donors (Lipinski definition) is 1. The maximum atomic E-state index is 12.5. The lowest BCUT2D eigenvalue weighted by Crippen LogP contribution is -2.44. The molecule has 1 aliphatic rings. The number of carbonyl (C=O) groups is 2. The number of hydrogen-bond acceptors (Lipinski definition) is 3. The van der Waals surface area contributed by atoms with Crippen LogP contribution in [0.15, 0.2) is 23.1 Å². The van der Waals surface area contributed by atoms with Crippen LogP contribution in [0.1, 0.15) is 34.1 Å². The molecule has 0 aliphatic carbocycles. The number of carbonyl (C=O) groups excluding carboxylic acids is 2. The molecule has 0 spiro atoms. The van der Waals surface area contributed by atoms with Gasteiger partial charge >= 0.3 is 0 Å². The zero-order valence-corrected chi connectivity index (χ0v) is 14.8. The third kappa shape index (κ3) is 3.76. The molecular weight excluding hydrogens is 320 g/mol. The van der Waals surface area contributed by atoms with Crippen LogP contribution in [0.3, 0.4) is 0 Å². The number of amides is 2. The van der Waals surface area contributed by atoms with Crippen LogP contribution in [-0.2, 0) is 9.59 Å². The van der Waals surface area contributed by atoms with Gasteiger partial charge in [-0.15, -0.1) is 11.8 Å². The molecular formula is C16H21ClN2O2S. The first-order chi connectivity index (χ1) is 10.3. The maximum Gasteiger partial charge on any atom is 0.238 e. The lowest BCUT2D eigenvalue weighted by Gasteiger charge is -2.32. The molecule has 1 aliphatic heterocycles. The second-order valence-electron chi connectivity index (χ2n) is 5.93. The molecule has 0 radical (unpaired) electrons.